The van der Waals surface area contributed by atoms with Gasteiger partial charge in [-0.1, -0.05) is 63.7 Å². The third-order valence-corrected chi connectivity index (χ3v) is 4.53. The SMILES string of the molecule is BrC[C@@H](Br)O[C@H](Br)CBr. The standard InChI is InChI=1S/C4H6Br4O/c5-1-3(7)9-4(8)2-6/h3-4H,1-2H2/t3-,4-/m0/s1. The maximum Gasteiger partial charge on any atom is 0.123 e. The zero-order valence-corrected chi connectivity index (χ0v) is 10.8. The molecular weight excluding hydrogens is 384 g/mol. The molecule has 0 bridgehead atoms. The Labute approximate surface area is 88.4 Å². The minimum absolute atomic E-state index is 0.0828. The second kappa shape index (κ2) is 6.58. The van der Waals surface area contributed by atoms with Crippen molar-refractivity contribution in [2.24, 2.45) is 0 Å². The smallest absolute Gasteiger partial charge is 0.123 e. The number of halogens is 4. The maximum absolute atomic E-state index is 5.29. The van der Waals surface area contributed by atoms with Gasteiger partial charge in [0.2, 0.25) is 0 Å². The zero-order chi connectivity index (χ0) is 7.28. The van der Waals surface area contributed by atoms with Crippen molar-refractivity contribution in [3.63, 3.8) is 0 Å². The highest BCUT2D eigenvalue weighted by molar-refractivity contribution is 9.12. The molecule has 56 valence electrons. The Hall–Kier alpha value is 1.88. The molecule has 0 aromatic rings. The summed E-state index contributed by atoms with van der Waals surface area (Å²) in [5, 5.41) is 1.75. The quantitative estimate of drug-likeness (QED) is 0.671. The molecule has 0 spiro atoms. The van der Waals surface area contributed by atoms with Crippen LogP contribution in [0.1, 0.15) is 0 Å². The fourth-order valence-electron chi connectivity index (χ4n) is 0.233. The molecule has 0 saturated heterocycles. The van der Waals surface area contributed by atoms with E-state index in [9.17, 15) is 0 Å². The second-order valence-corrected chi connectivity index (χ2v) is 4.60. The molecule has 0 aliphatic carbocycles. The lowest BCUT2D eigenvalue weighted by Crippen LogP contribution is -2.13. The van der Waals surface area contributed by atoms with Crippen LogP contribution in [0.15, 0.2) is 0 Å². The van der Waals surface area contributed by atoms with Crippen LogP contribution in [0.2, 0.25) is 0 Å². The van der Waals surface area contributed by atoms with Gasteiger partial charge >= 0.3 is 0 Å². The monoisotopic (exact) mass is 386 g/mol. The Kier molecular flexibility index (Phi) is 7.96. The van der Waals surface area contributed by atoms with E-state index in [-0.39, 0.29) is 10.0 Å². The Morgan fingerprint density at radius 1 is 1.00 bits per heavy atom. The highest BCUT2D eigenvalue weighted by Gasteiger charge is 2.07. The summed E-state index contributed by atoms with van der Waals surface area (Å²) >= 11 is 13.1. The Morgan fingerprint density at radius 2 is 1.33 bits per heavy atom. The van der Waals surface area contributed by atoms with E-state index < -0.39 is 0 Å². The van der Waals surface area contributed by atoms with E-state index in [1.165, 1.54) is 0 Å². The van der Waals surface area contributed by atoms with Crippen LogP contribution in [0.3, 0.4) is 0 Å². The second-order valence-electron chi connectivity index (χ2n) is 1.26. The van der Waals surface area contributed by atoms with Gasteiger partial charge in [-0.25, -0.2) is 0 Å². The number of rotatable bonds is 4. The average Bonchev–Trinajstić information content (AvgIpc) is 1.87. The van der Waals surface area contributed by atoms with Crippen molar-refractivity contribution in [2.75, 3.05) is 10.7 Å². The Balaban J connectivity index is 3.22. The molecule has 0 heterocycles. The number of hydrogen-bond acceptors (Lipinski definition) is 1. The number of hydrogen-bond donors (Lipinski definition) is 0. The van der Waals surface area contributed by atoms with Gasteiger partial charge in [0.25, 0.3) is 0 Å². The summed E-state index contributed by atoms with van der Waals surface area (Å²) in [5.74, 6) is 0. The van der Waals surface area contributed by atoms with Crippen LogP contribution in [0.25, 0.3) is 0 Å². The van der Waals surface area contributed by atoms with Gasteiger partial charge < -0.3 is 4.74 Å². The van der Waals surface area contributed by atoms with Crippen LogP contribution in [-0.2, 0) is 4.74 Å². The maximum atomic E-state index is 5.29. The fourth-order valence-corrected chi connectivity index (χ4v) is 1.35. The molecule has 0 N–H and O–H groups in total. The molecular formula is C4H6Br4O. The lowest BCUT2D eigenvalue weighted by Gasteiger charge is -2.11. The summed E-state index contributed by atoms with van der Waals surface area (Å²) < 4.78 is 5.29. The van der Waals surface area contributed by atoms with E-state index in [4.69, 9.17) is 4.74 Å². The van der Waals surface area contributed by atoms with Crippen molar-refractivity contribution in [1.29, 1.82) is 0 Å². The predicted molar refractivity (Wildman–Crippen MR) is 54.1 cm³/mol. The van der Waals surface area contributed by atoms with Crippen molar-refractivity contribution >= 4 is 63.7 Å². The predicted octanol–water partition coefficient (Wildman–Crippen LogP) is 3.23. The molecule has 0 fully saturated rings. The molecule has 0 aromatic carbocycles. The van der Waals surface area contributed by atoms with Gasteiger partial charge in [-0.05, 0) is 0 Å². The van der Waals surface area contributed by atoms with Crippen LogP contribution >= 0.6 is 63.7 Å². The first kappa shape index (κ1) is 10.9. The molecule has 0 unspecified atom stereocenters. The fraction of sp³-hybridized carbons (Fsp3) is 1.00. The molecule has 0 radical (unpaired) electrons. The molecule has 0 amide bonds. The van der Waals surface area contributed by atoms with E-state index >= 15 is 0 Å². The van der Waals surface area contributed by atoms with E-state index in [2.05, 4.69) is 63.7 Å². The third kappa shape index (κ3) is 6.28. The third-order valence-electron chi connectivity index (χ3n) is 0.538. The minimum atomic E-state index is 0.0828. The summed E-state index contributed by atoms with van der Waals surface area (Å²) in [6, 6.07) is 0. The van der Waals surface area contributed by atoms with Crippen molar-refractivity contribution in [2.45, 2.75) is 10.0 Å². The highest BCUT2D eigenvalue weighted by atomic mass is 79.9. The number of ether oxygens (including phenoxy) is 1. The molecule has 0 aromatic heterocycles. The first-order valence-corrected chi connectivity index (χ1v) is 6.33. The summed E-state index contributed by atoms with van der Waals surface area (Å²) in [5.41, 5.74) is 0. The van der Waals surface area contributed by atoms with Gasteiger partial charge in [0.15, 0.2) is 0 Å². The van der Waals surface area contributed by atoms with Crippen LogP contribution in [0.5, 0.6) is 0 Å². The summed E-state index contributed by atoms with van der Waals surface area (Å²) in [7, 11) is 0. The average molecular weight is 390 g/mol. The summed E-state index contributed by atoms with van der Waals surface area (Å²) in [6.45, 7) is 0. The normalized spacial score (nSPS) is 17.3. The Bertz CT molecular complexity index is 61.6. The molecule has 9 heavy (non-hydrogen) atoms. The van der Waals surface area contributed by atoms with Gasteiger partial charge in [0, 0.05) is 10.7 Å². The minimum Gasteiger partial charge on any atom is -0.351 e. The van der Waals surface area contributed by atoms with Crippen molar-refractivity contribution in [3.05, 3.63) is 0 Å². The van der Waals surface area contributed by atoms with E-state index in [0.29, 0.717) is 0 Å². The van der Waals surface area contributed by atoms with Crippen LogP contribution in [0.4, 0.5) is 0 Å². The highest BCUT2D eigenvalue weighted by Crippen LogP contribution is 2.13. The molecule has 0 rings (SSSR count). The van der Waals surface area contributed by atoms with Crippen molar-refractivity contribution in [3.8, 4) is 0 Å². The Morgan fingerprint density at radius 3 is 1.56 bits per heavy atom. The first-order valence-electron chi connectivity index (χ1n) is 2.26. The van der Waals surface area contributed by atoms with Crippen LogP contribution in [0, 0.1) is 0 Å². The summed E-state index contributed by atoms with van der Waals surface area (Å²) in [4.78, 5) is 0. The van der Waals surface area contributed by atoms with Crippen molar-refractivity contribution in [1.82, 2.24) is 0 Å². The van der Waals surface area contributed by atoms with Gasteiger partial charge in [0.05, 0.1) is 0 Å². The molecule has 2 atom stereocenters. The van der Waals surface area contributed by atoms with Gasteiger partial charge in [-0.15, -0.1) is 0 Å². The topological polar surface area (TPSA) is 9.23 Å². The molecule has 5 heteroatoms. The molecule has 1 nitrogen and oxygen atoms in total. The molecule has 0 saturated carbocycles. The van der Waals surface area contributed by atoms with E-state index in [0.717, 1.165) is 10.7 Å². The summed E-state index contributed by atoms with van der Waals surface area (Å²) in [6.07, 6.45) is 0. The van der Waals surface area contributed by atoms with Gasteiger partial charge in [-0.2, -0.15) is 0 Å². The van der Waals surface area contributed by atoms with Crippen molar-refractivity contribution < 1.29 is 4.74 Å². The van der Waals surface area contributed by atoms with Gasteiger partial charge in [0.1, 0.15) is 10.0 Å². The van der Waals surface area contributed by atoms with Crippen LogP contribution < -0.4 is 0 Å². The molecule has 0 aliphatic rings. The largest absolute Gasteiger partial charge is 0.351 e. The molecule has 0 aliphatic heterocycles. The van der Waals surface area contributed by atoms with Crippen LogP contribution in [-0.4, -0.2) is 20.7 Å². The lowest BCUT2D eigenvalue weighted by molar-refractivity contribution is 0.129. The zero-order valence-electron chi connectivity index (χ0n) is 4.49. The first-order chi connectivity index (χ1) is 4.20. The van der Waals surface area contributed by atoms with E-state index in [1.54, 1.807) is 0 Å². The number of alkyl halides is 4. The van der Waals surface area contributed by atoms with Gasteiger partial charge in [-0.3, -0.25) is 0 Å². The lowest BCUT2D eigenvalue weighted by atomic mass is 10.8. The van der Waals surface area contributed by atoms with E-state index in [1.807, 2.05) is 0 Å².